The molecule has 122 valence electrons. The zero-order valence-electron chi connectivity index (χ0n) is 13.3. The monoisotopic (exact) mass is 356 g/mol. The van der Waals surface area contributed by atoms with Crippen molar-refractivity contribution in [2.75, 3.05) is 11.1 Å². The third-order valence-corrected chi connectivity index (χ3v) is 4.89. The van der Waals surface area contributed by atoms with E-state index in [-0.39, 0.29) is 11.7 Å². The Hall–Kier alpha value is -2.25. The van der Waals surface area contributed by atoms with Crippen molar-refractivity contribution in [3.8, 4) is 11.3 Å². The summed E-state index contributed by atoms with van der Waals surface area (Å²) in [6.45, 7) is 3.75. The molecule has 1 N–H and O–H groups in total. The Labute approximate surface area is 148 Å². The van der Waals surface area contributed by atoms with Gasteiger partial charge in [0, 0.05) is 10.9 Å². The lowest BCUT2D eigenvalue weighted by Crippen LogP contribution is -2.14. The Bertz CT molecular complexity index is 849. The molecule has 0 saturated carbocycles. The predicted octanol–water partition coefficient (Wildman–Crippen LogP) is 3.95. The molecular formula is C17H16N4OS2. The molecule has 2 aromatic heterocycles. The summed E-state index contributed by atoms with van der Waals surface area (Å²) in [5, 5.41) is 6.11. The van der Waals surface area contributed by atoms with Gasteiger partial charge in [-0.2, -0.15) is 0 Å². The summed E-state index contributed by atoms with van der Waals surface area (Å²) in [6, 6.07) is 11.8. The minimum absolute atomic E-state index is 0.0909. The van der Waals surface area contributed by atoms with Gasteiger partial charge in [0.1, 0.15) is 10.9 Å². The van der Waals surface area contributed by atoms with E-state index < -0.39 is 0 Å². The summed E-state index contributed by atoms with van der Waals surface area (Å²) >= 11 is 2.82. The Kier molecular flexibility index (Phi) is 5.22. The first-order chi connectivity index (χ1) is 11.6. The van der Waals surface area contributed by atoms with Gasteiger partial charge in [-0.05, 0) is 19.9 Å². The van der Waals surface area contributed by atoms with Crippen LogP contribution in [0.5, 0.6) is 0 Å². The molecule has 7 heteroatoms. The first-order valence-electron chi connectivity index (χ1n) is 7.36. The van der Waals surface area contributed by atoms with E-state index in [1.54, 1.807) is 0 Å². The average Bonchev–Trinajstić information content (AvgIpc) is 2.98. The predicted molar refractivity (Wildman–Crippen MR) is 98.4 cm³/mol. The van der Waals surface area contributed by atoms with Crippen LogP contribution in [0.2, 0.25) is 0 Å². The van der Waals surface area contributed by atoms with Crippen molar-refractivity contribution in [2.45, 2.75) is 18.9 Å². The molecule has 24 heavy (non-hydrogen) atoms. The number of carbonyl (C=O) groups excluding carboxylic acids is 1. The summed E-state index contributed by atoms with van der Waals surface area (Å²) in [5.41, 5.74) is 2.80. The zero-order chi connectivity index (χ0) is 16.9. The van der Waals surface area contributed by atoms with Crippen molar-refractivity contribution in [1.82, 2.24) is 15.0 Å². The van der Waals surface area contributed by atoms with Gasteiger partial charge in [0.2, 0.25) is 5.91 Å². The van der Waals surface area contributed by atoms with E-state index in [0.29, 0.717) is 11.0 Å². The Balaban J connectivity index is 1.67. The summed E-state index contributed by atoms with van der Waals surface area (Å²) in [4.78, 5) is 25.1. The third kappa shape index (κ3) is 4.39. The molecule has 0 saturated heterocycles. The van der Waals surface area contributed by atoms with Crippen molar-refractivity contribution in [3.63, 3.8) is 0 Å². The van der Waals surface area contributed by atoms with E-state index in [9.17, 15) is 4.79 Å². The zero-order valence-corrected chi connectivity index (χ0v) is 14.9. The number of rotatable bonds is 5. The largest absolute Gasteiger partial charge is 0.301 e. The number of thiazole rings is 1. The lowest BCUT2D eigenvalue weighted by molar-refractivity contribution is -0.113. The molecule has 0 aliphatic heterocycles. The minimum Gasteiger partial charge on any atom is -0.301 e. The molecule has 0 atom stereocenters. The van der Waals surface area contributed by atoms with Crippen molar-refractivity contribution < 1.29 is 4.79 Å². The number of benzene rings is 1. The lowest BCUT2D eigenvalue weighted by atomic mass is 10.1. The molecule has 3 aromatic rings. The molecule has 0 aliphatic rings. The summed E-state index contributed by atoms with van der Waals surface area (Å²) in [5.74, 6) is 0.880. The van der Waals surface area contributed by atoms with E-state index in [2.05, 4.69) is 20.3 Å². The van der Waals surface area contributed by atoms with Crippen LogP contribution in [0.15, 0.2) is 46.8 Å². The molecule has 0 aliphatic carbocycles. The van der Waals surface area contributed by atoms with Crippen LogP contribution in [0.1, 0.15) is 11.5 Å². The molecule has 0 spiro atoms. The number of carbonyl (C=O) groups is 1. The molecule has 1 aromatic carbocycles. The van der Waals surface area contributed by atoms with Crippen molar-refractivity contribution in [2.24, 2.45) is 0 Å². The quantitative estimate of drug-likeness (QED) is 0.554. The fraction of sp³-hybridized carbons (Fsp3) is 0.176. The van der Waals surface area contributed by atoms with E-state index in [0.717, 1.165) is 22.0 Å². The molecule has 5 nitrogen and oxygen atoms in total. The number of nitrogens with zero attached hydrogens (tertiary/aromatic N) is 3. The Morgan fingerprint density at radius 2 is 1.96 bits per heavy atom. The van der Waals surface area contributed by atoms with Crippen LogP contribution in [-0.4, -0.2) is 26.6 Å². The molecule has 0 bridgehead atoms. The van der Waals surface area contributed by atoms with Gasteiger partial charge in [0.05, 0.1) is 17.1 Å². The molecular weight excluding hydrogens is 340 g/mol. The highest BCUT2D eigenvalue weighted by Gasteiger charge is 2.09. The van der Waals surface area contributed by atoms with Crippen LogP contribution >= 0.6 is 23.1 Å². The number of hydrogen-bond acceptors (Lipinski definition) is 6. The summed E-state index contributed by atoms with van der Waals surface area (Å²) in [6.07, 6.45) is 0. The van der Waals surface area contributed by atoms with E-state index in [1.165, 1.54) is 23.1 Å². The smallest absolute Gasteiger partial charge is 0.236 e. The highest BCUT2D eigenvalue weighted by molar-refractivity contribution is 7.99. The number of amides is 1. The number of aryl methyl sites for hydroxylation is 2. The standard InChI is InChI=1S/C17H16N4OS2/c1-11-9-24-17(18-11)21-15(22)10-23-16-8-14(19-12(2)20-16)13-6-4-3-5-7-13/h3-9H,10H2,1-2H3,(H,18,21,22). The second kappa shape index (κ2) is 7.55. The maximum Gasteiger partial charge on any atom is 0.236 e. The van der Waals surface area contributed by atoms with E-state index in [1.807, 2.05) is 55.6 Å². The first-order valence-corrected chi connectivity index (χ1v) is 9.22. The van der Waals surface area contributed by atoms with Crippen molar-refractivity contribution in [3.05, 3.63) is 53.3 Å². The number of nitrogens with one attached hydrogen (secondary N) is 1. The molecule has 3 rings (SSSR count). The van der Waals surface area contributed by atoms with Crippen molar-refractivity contribution >= 4 is 34.1 Å². The molecule has 1 amide bonds. The highest BCUT2D eigenvalue weighted by atomic mass is 32.2. The summed E-state index contributed by atoms with van der Waals surface area (Å²) < 4.78 is 0. The van der Waals surface area contributed by atoms with Gasteiger partial charge in [-0.15, -0.1) is 11.3 Å². The van der Waals surface area contributed by atoms with Gasteiger partial charge < -0.3 is 5.32 Å². The van der Waals surface area contributed by atoms with Crippen LogP contribution in [0, 0.1) is 13.8 Å². The molecule has 0 unspecified atom stereocenters. The highest BCUT2D eigenvalue weighted by Crippen LogP contribution is 2.23. The molecule has 0 radical (unpaired) electrons. The number of thioether (sulfide) groups is 1. The van der Waals surface area contributed by atoms with E-state index in [4.69, 9.17) is 0 Å². The number of hydrogen-bond donors (Lipinski definition) is 1. The fourth-order valence-electron chi connectivity index (χ4n) is 2.08. The van der Waals surface area contributed by atoms with Crippen LogP contribution in [0.3, 0.4) is 0 Å². The second-order valence-corrected chi connectivity index (χ2v) is 6.99. The van der Waals surface area contributed by atoms with Gasteiger partial charge >= 0.3 is 0 Å². The maximum atomic E-state index is 12.0. The van der Waals surface area contributed by atoms with Crippen LogP contribution in [0.4, 0.5) is 5.13 Å². The second-order valence-electron chi connectivity index (χ2n) is 5.14. The average molecular weight is 356 g/mol. The van der Waals surface area contributed by atoms with Gasteiger partial charge in [-0.3, -0.25) is 4.79 Å². The van der Waals surface area contributed by atoms with E-state index >= 15 is 0 Å². The number of aromatic nitrogens is 3. The minimum atomic E-state index is -0.0909. The SMILES string of the molecule is Cc1csc(NC(=O)CSc2cc(-c3ccccc3)nc(C)n2)n1. The van der Waals surface area contributed by atoms with Gasteiger partial charge in [-0.1, -0.05) is 42.1 Å². The fourth-order valence-corrected chi connectivity index (χ4v) is 3.52. The van der Waals surface area contributed by atoms with Gasteiger partial charge in [-0.25, -0.2) is 15.0 Å². The topological polar surface area (TPSA) is 67.8 Å². The van der Waals surface area contributed by atoms with Crippen LogP contribution < -0.4 is 5.32 Å². The van der Waals surface area contributed by atoms with Gasteiger partial charge in [0.25, 0.3) is 0 Å². The first kappa shape index (κ1) is 16.6. The third-order valence-electron chi connectivity index (χ3n) is 3.10. The van der Waals surface area contributed by atoms with Crippen molar-refractivity contribution in [1.29, 1.82) is 0 Å². The normalized spacial score (nSPS) is 10.6. The lowest BCUT2D eigenvalue weighted by Gasteiger charge is -2.06. The summed E-state index contributed by atoms with van der Waals surface area (Å²) in [7, 11) is 0. The maximum absolute atomic E-state index is 12.0. The Morgan fingerprint density at radius 1 is 1.17 bits per heavy atom. The molecule has 0 fully saturated rings. The van der Waals surface area contributed by atoms with Crippen LogP contribution in [-0.2, 0) is 4.79 Å². The Morgan fingerprint density at radius 3 is 2.67 bits per heavy atom. The number of anilines is 1. The van der Waals surface area contributed by atoms with Crippen LogP contribution in [0.25, 0.3) is 11.3 Å². The molecule has 2 heterocycles. The van der Waals surface area contributed by atoms with Gasteiger partial charge in [0.15, 0.2) is 5.13 Å².